The summed E-state index contributed by atoms with van der Waals surface area (Å²) < 4.78 is 27.6. The molecule has 0 fully saturated rings. The maximum Gasteiger partial charge on any atom is 0.278 e. The Labute approximate surface area is 182 Å². The van der Waals surface area contributed by atoms with E-state index >= 15 is 0 Å². The van der Waals surface area contributed by atoms with Crippen molar-refractivity contribution in [2.45, 2.75) is 4.90 Å². The second-order valence-electron chi connectivity index (χ2n) is 6.16. The molecule has 0 saturated heterocycles. The molecule has 3 aromatic rings. The Balaban J connectivity index is 1.74. The Kier molecular flexibility index (Phi) is 6.63. The van der Waals surface area contributed by atoms with Crippen LogP contribution in [0.1, 0.15) is 15.9 Å². The van der Waals surface area contributed by atoms with Crippen LogP contribution in [-0.4, -0.2) is 25.5 Å². The first-order valence-electron chi connectivity index (χ1n) is 8.71. The van der Waals surface area contributed by atoms with Gasteiger partial charge in [-0.05, 0) is 48.5 Å². The maximum absolute atomic E-state index is 12.6. The van der Waals surface area contributed by atoms with Crippen molar-refractivity contribution in [3.8, 4) is 0 Å². The third kappa shape index (κ3) is 5.65. The van der Waals surface area contributed by atoms with Crippen molar-refractivity contribution < 1.29 is 18.1 Å². The molecule has 3 rings (SSSR count). The highest BCUT2D eigenvalue weighted by Gasteiger charge is 2.17. The van der Waals surface area contributed by atoms with Gasteiger partial charge in [-0.25, -0.2) is 13.8 Å². The van der Waals surface area contributed by atoms with E-state index in [4.69, 9.17) is 11.6 Å². The van der Waals surface area contributed by atoms with Gasteiger partial charge in [-0.2, -0.15) is 5.10 Å². The molecule has 1 amide bonds. The van der Waals surface area contributed by atoms with Gasteiger partial charge in [-0.15, -0.1) is 0 Å². The van der Waals surface area contributed by atoms with Crippen LogP contribution in [0.3, 0.4) is 0 Å². The zero-order valence-electron chi connectivity index (χ0n) is 15.7. The number of hydrogen-bond acceptors (Lipinski definition) is 6. The van der Waals surface area contributed by atoms with Crippen LogP contribution in [-0.2, 0) is 10.0 Å². The van der Waals surface area contributed by atoms with Crippen molar-refractivity contribution in [3.05, 3.63) is 99.1 Å². The Morgan fingerprint density at radius 3 is 2.45 bits per heavy atom. The Hall–Kier alpha value is -3.76. The van der Waals surface area contributed by atoms with Gasteiger partial charge < -0.3 is 0 Å². The number of nitrogens with zero attached hydrogens (tertiary/aromatic N) is 2. The molecule has 0 aliphatic heterocycles. The Morgan fingerprint density at radius 2 is 1.74 bits per heavy atom. The van der Waals surface area contributed by atoms with Crippen LogP contribution in [0.15, 0.2) is 82.8 Å². The number of hydrogen-bond donors (Lipinski definition) is 2. The van der Waals surface area contributed by atoms with E-state index in [2.05, 4.69) is 15.2 Å². The smallest absolute Gasteiger partial charge is 0.278 e. The van der Waals surface area contributed by atoms with Gasteiger partial charge >= 0.3 is 0 Å². The number of rotatable bonds is 7. The number of benzene rings is 3. The lowest BCUT2D eigenvalue weighted by Gasteiger charge is -2.09. The lowest BCUT2D eigenvalue weighted by atomic mass is 10.2. The van der Waals surface area contributed by atoms with E-state index in [-0.39, 0.29) is 21.7 Å². The van der Waals surface area contributed by atoms with Crippen LogP contribution in [0.2, 0.25) is 5.02 Å². The molecule has 0 saturated carbocycles. The molecule has 0 atom stereocenters. The van der Waals surface area contributed by atoms with Crippen molar-refractivity contribution in [2.24, 2.45) is 5.10 Å². The normalized spacial score (nSPS) is 11.3. The molecule has 0 spiro atoms. The molecule has 158 valence electrons. The lowest BCUT2D eigenvalue weighted by molar-refractivity contribution is -0.385. The highest BCUT2D eigenvalue weighted by atomic mass is 35.5. The summed E-state index contributed by atoms with van der Waals surface area (Å²) in [5.41, 5.74) is 2.62. The van der Waals surface area contributed by atoms with Crippen LogP contribution in [0.25, 0.3) is 0 Å². The average Bonchev–Trinajstić information content (AvgIpc) is 2.75. The predicted octanol–water partition coefficient (Wildman–Crippen LogP) is 3.81. The van der Waals surface area contributed by atoms with Gasteiger partial charge in [0.15, 0.2) is 0 Å². The first-order chi connectivity index (χ1) is 14.8. The van der Waals surface area contributed by atoms with Gasteiger partial charge in [0.2, 0.25) is 0 Å². The lowest BCUT2D eigenvalue weighted by Crippen LogP contribution is -2.19. The fraction of sp³-hybridized carbons (Fsp3) is 0. The van der Waals surface area contributed by atoms with E-state index in [0.29, 0.717) is 10.7 Å². The number of nitro groups is 1. The van der Waals surface area contributed by atoms with Crippen molar-refractivity contribution >= 4 is 45.1 Å². The van der Waals surface area contributed by atoms with Crippen molar-refractivity contribution in [1.29, 1.82) is 0 Å². The molecule has 0 aliphatic rings. The molecule has 2 N–H and O–H groups in total. The topological polar surface area (TPSA) is 131 Å². The summed E-state index contributed by atoms with van der Waals surface area (Å²) in [7, 11) is -3.95. The minimum atomic E-state index is -3.95. The van der Waals surface area contributed by atoms with Gasteiger partial charge in [0.25, 0.3) is 21.6 Å². The summed E-state index contributed by atoms with van der Waals surface area (Å²) >= 11 is 5.79. The van der Waals surface area contributed by atoms with Gasteiger partial charge in [0, 0.05) is 22.3 Å². The Morgan fingerprint density at radius 1 is 1.03 bits per heavy atom. The number of para-hydroxylation sites is 1. The molecule has 0 heterocycles. The number of hydrazone groups is 1. The van der Waals surface area contributed by atoms with E-state index in [1.54, 1.807) is 18.2 Å². The largest absolute Gasteiger partial charge is 0.280 e. The maximum atomic E-state index is 12.6. The second-order valence-corrected chi connectivity index (χ2v) is 8.27. The van der Waals surface area contributed by atoms with Gasteiger partial charge in [0.1, 0.15) is 0 Å². The SMILES string of the molecule is O=C(N/N=C/c1ccccc1[N+](=O)[O-])c1cccc(S(=O)(=O)Nc2ccc(Cl)cc2)c1. The number of anilines is 1. The first kappa shape index (κ1) is 21.9. The number of nitrogens with one attached hydrogen (secondary N) is 2. The zero-order valence-corrected chi connectivity index (χ0v) is 17.3. The van der Waals surface area contributed by atoms with Crippen molar-refractivity contribution in [3.63, 3.8) is 0 Å². The summed E-state index contributed by atoms with van der Waals surface area (Å²) in [6.45, 7) is 0. The predicted molar refractivity (Wildman–Crippen MR) is 117 cm³/mol. The molecule has 11 heteroatoms. The van der Waals surface area contributed by atoms with Crippen LogP contribution in [0, 0.1) is 10.1 Å². The molecule has 31 heavy (non-hydrogen) atoms. The molecule has 0 unspecified atom stereocenters. The quantitative estimate of drug-likeness (QED) is 0.315. The number of sulfonamides is 1. The summed E-state index contributed by atoms with van der Waals surface area (Å²) in [5, 5.41) is 15.2. The number of carbonyl (C=O) groups is 1. The number of carbonyl (C=O) groups excluding carboxylic acids is 1. The fourth-order valence-corrected chi connectivity index (χ4v) is 3.75. The highest BCUT2D eigenvalue weighted by molar-refractivity contribution is 7.92. The number of halogens is 1. The summed E-state index contributed by atoms with van der Waals surface area (Å²) in [5.74, 6) is -0.682. The molecule has 0 aromatic heterocycles. The highest BCUT2D eigenvalue weighted by Crippen LogP contribution is 2.19. The fourth-order valence-electron chi connectivity index (χ4n) is 2.52. The minimum Gasteiger partial charge on any atom is -0.280 e. The van der Waals surface area contributed by atoms with E-state index in [1.165, 1.54) is 54.6 Å². The summed E-state index contributed by atoms with van der Waals surface area (Å²) in [4.78, 5) is 22.7. The average molecular weight is 459 g/mol. The van der Waals surface area contributed by atoms with Crippen LogP contribution in [0.4, 0.5) is 11.4 Å². The van der Waals surface area contributed by atoms with Gasteiger partial charge in [0.05, 0.1) is 21.6 Å². The summed E-state index contributed by atoms with van der Waals surface area (Å²) in [6, 6.07) is 17.3. The van der Waals surface area contributed by atoms with Gasteiger partial charge in [-0.3, -0.25) is 19.6 Å². The molecule has 0 radical (unpaired) electrons. The molecule has 0 bridgehead atoms. The standard InChI is InChI=1S/C20H15ClN4O5S/c21-16-8-10-17(11-9-16)24-31(29,30)18-6-3-5-14(12-18)20(26)23-22-13-15-4-1-2-7-19(15)25(27)28/h1-13,24H,(H,23,26)/b22-13+. The van der Waals surface area contributed by atoms with Crippen LogP contribution < -0.4 is 10.1 Å². The van der Waals surface area contributed by atoms with E-state index in [1.807, 2.05) is 0 Å². The molecule has 9 nitrogen and oxygen atoms in total. The van der Waals surface area contributed by atoms with Gasteiger partial charge in [-0.1, -0.05) is 29.8 Å². The number of amides is 1. The molecule has 0 aliphatic carbocycles. The zero-order chi connectivity index (χ0) is 22.4. The van der Waals surface area contributed by atoms with E-state index in [0.717, 1.165) is 6.21 Å². The van der Waals surface area contributed by atoms with Crippen LogP contribution in [0.5, 0.6) is 0 Å². The third-order valence-corrected chi connectivity index (χ3v) is 5.64. The van der Waals surface area contributed by atoms with Crippen molar-refractivity contribution in [1.82, 2.24) is 5.43 Å². The molecular formula is C20H15ClN4O5S. The van der Waals surface area contributed by atoms with Crippen LogP contribution >= 0.6 is 11.6 Å². The van der Waals surface area contributed by atoms with E-state index < -0.39 is 20.9 Å². The third-order valence-electron chi connectivity index (χ3n) is 4.01. The Bertz CT molecular complexity index is 1260. The summed E-state index contributed by atoms with van der Waals surface area (Å²) in [6.07, 6.45) is 1.14. The second kappa shape index (κ2) is 9.37. The van der Waals surface area contributed by atoms with Crippen molar-refractivity contribution in [2.75, 3.05) is 4.72 Å². The molecular weight excluding hydrogens is 444 g/mol. The first-order valence-corrected chi connectivity index (χ1v) is 10.6. The molecule has 3 aromatic carbocycles. The monoisotopic (exact) mass is 458 g/mol. The minimum absolute atomic E-state index is 0.0405. The number of nitro benzene ring substituents is 1. The van der Waals surface area contributed by atoms with E-state index in [9.17, 15) is 23.3 Å².